The molecule has 4 rings (SSSR count). The Balaban J connectivity index is 1.70. The van der Waals surface area contributed by atoms with Crippen molar-refractivity contribution in [3.05, 3.63) is 61.9 Å². The van der Waals surface area contributed by atoms with Crippen LogP contribution in [-0.2, 0) is 9.57 Å². The van der Waals surface area contributed by atoms with Crippen LogP contribution in [0.15, 0.2) is 34.0 Å². The quantitative estimate of drug-likeness (QED) is 0.476. The largest absolute Gasteiger partial charge is 0.493 e. The second kappa shape index (κ2) is 8.31. The second-order valence-electron chi connectivity index (χ2n) is 7.30. The maximum absolute atomic E-state index is 13.0. The molecule has 0 radical (unpaired) electrons. The first kappa shape index (κ1) is 21.9. The molecule has 0 spiro atoms. The predicted octanol–water partition coefficient (Wildman–Crippen LogP) is -0.909. The maximum atomic E-state index is 13.0. The van der Waals surface area contributed by atoms with Gasteiger partial charge < -0.3 is 19.7 Å². The molecule has 3 heterocycles. The smallest absolute Gasteiger partial charge is 0.330 e. The number of amides is 2. The molecule has 12 nitrogen and oxygen atoms in total. The van der Waals surface area contributed by atoms with Crippen LogP contribution in [0.4, 0.5) is 0 Å². The highest BCUT2D eigenvalue weighted by atomic mass is 16.7. The Hall–Kier alpha value is -3.32. The minimum atomic E-state index is -1.50. The summed E-state index contributed by atoms with van der Waals surface area (Å²) in [5.74, 6) is -1.39. The zero-order valence-corrected chi connectivity index (χ0v) is 17.2. The lowest BCUT2D eigenvalue weighted by Crippen LogP contribution is -2.45. The Bertz CT molecular complexity index is 1190. The molecule has 1 saturated heterocycles. The summed E-state index contributed by atoms with van der Waals surface area (Å²) in [6.07, 6.45) is -4.25. The summed E-state index contributed by atoms with van der Waals surface area (Å²) in [5, 5.41) is 20.6. The van der Waals surface area contributed by atoms with Gasteiger partial charge in [0.25, 0.3) is 17.4 Å². The Morgan fingerprint density at radius 1 is 1.19 bits per heavy atom. The maximum Gasteiger partial charge on any atom is 0.330 e. The van der Waals surface area contributed by atoms with Crippen LogP contribution in [0.2, 0.25) is 0 Å². The number of hydroxylamine groups is 2. The molecule has 0 saturated carbocycles. The number of aromatic amines is 1. The second-order valence-corrected chi connectivity index (χ2v) is 7.30. The summed E-state index contributed by atoms with van der Waals surface area (Å²) >= 11 is 0. The number of hydrogen-bond acceptors (Lipinski definition) is 9. The summed E-state index contributed by atoms with van der Waals surface area (Å²) in [4.78, 5) is 57.6. The van der Waals surface area contributed by atoms with Crippen molar-refractivity contribution in [1.29, 1.82) is 0 Å². The van der Waals surface area contributed by atoms with Gasteiger partial charge in [0.1, 0.15) is 18.0 Å². The van der Waals surface area contributed by atoms with Gasteiger partial charge in [-0.25, -0.2) is 4.79 Å². The molecular formula is C20H21N3O9. The van der Waals surface area contributed by atoms with Crippen molar-refractivity contribution in [2.75, 3.05) is 13.2 Å². The number of rotatable bonds is 6. The van der Waals surface area contributed by atoms with Gasteiger partial charge in [0, 0.05) is 11.8 Å². The van der Waals surface area contributed by atoms with Crippen LogP contribution in [0.5, 0.6) is 5.75 Å². The average molecular weight is 447 g/mol. The Morgan fingerprint density at radius 2 is 1.94 bits per heavy atom. The summed E-state index contributed by atoms with van der Waals surface area (Å²) in [7, 11) is 0. The fourth-order valence-electron chi connectivity index (χ4n) is 3.71. The number of aliphatic hydroxyl groups excluding tert-OH is 2. The topological polar surface area (TPSA) is 160 Å². The molecule has 2 amide bonds. The molecule has 2 aromatic rings. The van der Waals surface area contributed by atoms with Crippen molar-refractivity contribution < 1.29 is 34.1 Å². The molecule has 0 bridgehead atoms. The average Bonchev–Trinajstić information content (AvgIpc) is 3.21. The molecule has 2 aliphatic heterocycles. The molecular weight excluding hydrogens is 426 g/mol. The number of nitrogens with one attached hydrogen (secondary N) is 1. The van der Waals surface area contributed by atoms with E-state index in [1.807, 2.05) is 0 Å². The molecule has 3 N–H and O–H groups in total. The highest BCUT2D eigenvalue weighted by molar-refractivity contribution is 6.21. The first-order valence-electron chi connectivity index (χ1n) is 9.86. The molecule has 0 unspecified atom stereocenters. The van der Waals surface area contributed by atoms with E-state index in [1.54, 1.807) is 13.0 Å². The summed E-state index contributed by atoms with van der Waals surface area (Å²) in [6.45, 7) is 2.83. The zero-order valence-electron chi connectivity index (χ0n) is 17.2. The molecule has 0 aliphatic carbocycles. The number of aromatic nitrogens is 2. The molecule has 12 heteroatoms. The van der Waals surface area contributed by atoms with Crippen molar-refractivity contribution in [2.24, 2.45) is 0 Å². The van der Waals surface area contributed by atoms with Gasteiger partial charge in [0.15, 0.2) is 12.3 Å². The molecule has 1 fully saturated rings. The summed E-state index contributed by atoms with van der Waals surface area (Å²) in [6, 6.07) is 4.53. The van der Waals surface area contributed by atoms with Crippen LogP contribution in [0.3, 0.4) is 0 Å². The predicted molar refractivity (Wildman–Crippen MR) is 106 cm³/mol. The third kappa shape index (κ3) is 3.42. The van der Waals surface area contributed by atoms with E-state index in [-0.39, 0.29) is 29.0 Å². The van der Waals surface area contributed by atoms with E-state index in [2.05, 4.69) is 4.98 Å². The number of H-pyrrole nitrogens is 1. The van der Waals surface area contributed by atoms with E-state index in [9.17, 15) is 29.4 Å². The monoisotopic (exact) mass is 447 g/mol. The van der Waals surface area contributed by atoms with E-state index >= 15 is 0 Å². The normalized spacial score (nSPS) is 24.8. The summed E-state index contributed by atoms with van der Waals surface area (Å²) in [5.41, 5.74) is -1.21. The van der Waals surface area contributed by atoms with Crippen LogP contribution >= 0.6 is 0 Å². The van der Waals surface area contributed by atoms with Gasteiger partial charge in [-0.1, -0.05) is 6.07 Å². The lowest BCUT2D eigenvalue weighted by molar-refractivity contribution is -0.178. The van der Waals surface area contributed by atoms with Gasteiger partial charge in [-0.2, -0.15) is 0 Å². The van der Waals surface area contributed by atoms with E-state index in [1.165, 1.54) is 25.3 Å². The van der Waals surface area contributed by atoms with Crippen LogP contribution in [0.25, 0.3) is 0 Å². The van der Waals surface area contributed by atoms with Gasteiger partial charge in [0.05, 0.1) is 24.3 Å². The molecule has 2 aliphatic rings. The SMILES string of the molecule is CCOc1cccc2c1C(=O)N(O[C@@H]1[C@H](O)[C@@H](CO)O[C@H]1n1cc(C)c(=O)[nH]c1=O)C2=O. The fraction of sp³-hybridized carbons (Fsp3) is 0.400. The van der Waals surface area contributed by atoms with E-state index < -0.39 is 54.2 Å². The Kier molecular flexibility index (Phi) is 5.69. The van der Waals surface area contributed by atoms with Crippen molar-refractivity contribution >= 4 is 11.8 Å². The van der Waals surface area contributed by atoms with Crippen LogP contribution in [-0.4, -0.2) is 68.2 Å². The number of hydrogen-bond donors (Lipinski definition) is 3. The number of carbonyl (C=O) groups excluding carboxylic acids is 2. The van der Waals surface area contributed by atoms with Crippen LogP contribution < -0.4 is 16.0 Å². The first-order chi connectivity index (χ1) is 15.3. The van der Waals surface area contributed by atoms with Crippen molar-refractivity contribution in [3.8, 4) is 5.75 Å². The zero-order chi connectivity index (χ0) is 23.2. The number of aryl methyl sites for hydroxylation is 1. The molecule has 170 valence electrons. The van der Waals surface area contributed by atoms with Crippen LogP contribution in [0.1, 0.15) is 39.4 Å². The minimum absolute atomic E-state index is 0.0139. The first-order valence-corrected chi connectivity index (χ1v) is 9.86. The van der Waals surface area contributed by atoms with Crippen molar-refractivity contribution in [1.82, 2.24) is 14.6 Å². The lowest BCUT2D eigenvalue weighted by Gasteiger charge is -2.25. The number of fused-ring (bicyclic) bond motifs is 1. The molecule has 1 aromatic carbocycles. The Morgan fingerprint density at radius 3 is 2.62 bits per heavy atom. The van der Waals surface area contributed by atoms with Gasteiger partial charge in [0.2, 0.25) is 0 Å². The summed E-state index contributed by atoms with van der Waals surface area (Å²) < 4.78 is 12.0. The molecule has 1 aromatic heterocycles. The number of nitrogens with zero attached hydrogens (tertiary/aromatic N) is 2. The lowest BCUT2D eigenvalue weighted by atomic mass is 10.1. The Labute approximate surface area is 180 Å². The van der Waals surface area contributed by atoms with Crippen molar-refractivity contribution in [2.45, 2.75) is 38.4 Å². The third-order valence-corrected chi connectivity index (χ3v) is 5.28. The van der Waals surface area contributed by atoms with Crippen molar-refractivity contribution in [3.63, 3.8) is 0 Å². The van der Waals surface area contributed by atoms with Crippen LogP contribution in [0, 0.1) is 6.92 Å². The minimum Gasteiger partial charge on any atom is -0.493 e. The van der Waals surface area contributed by atoms with E-state index in [4.69, 9.17) is 14.3 Å². The van der Waals surface area contributed by atoms with E-state index in [0.29, 0.717) is 5.06 Å². The molecule has 32 heavy (non-hydrogen) atoms. The van der Waals surface area contributed by atoms with Gasteiger partial charge in [-0.05, 0) is 26.0 Å². The number of ether oxygens (including phenoxy) is 2. The molecule has 4 atom stereocenters. The number of benzene rings is 1. The standard InChI is InChI=1S/C20H21N3O9/c1-3-30-11-6-4-5-10-13(11)18(28)23(17(10)27)32-15-14(25)12(8-24)31-19(15)22-7-9(2)16(26)21-20(22)29/h4-7,12,14-15,19,24-25H,3,8H2,1-2H3,(H,21,26,29)/t12-,14-,15-,19-/m1/s1. The van der Waals surface area contributed by atoms with Gasteiger partial charge in [-0.3, -0.25) is 28.8 Å². The highest BCUT2D eigenvalue weighted by Gasteiger charge is 2.50. The number of imide groups is 1. The highest BCUT2D eigenvalue weighted by Crippen LogP contribution is 2.36. The number of aliphatic hydroxyl groups is 2. The fourth-order valence-corrected chi connectivity index (χ4v) is 3.71. The van der Waals surface area contributed by atoms with E-state index in [0.717, 1.165) is 4.57 Å². The third-order valence-electron chi connectivity index (χ3n) is 5.28. The number of carbonyl (C=O) groups is 2. The van der Waals surface area contributed by atoms with Gasteiger partial charge in [-0.15, -0.1) is 5.06 Å². The van der Waals surface area contributed by atoms with Gasteiger partial charge >= 0.3 is 5.69 Å².